The van der Waals surface area contributed by atoms with Crippen molar-refractivity contribution in [1.29, 1.82) is 0 Å². The summed E-state index contributed by atoms with van der Waals surface area (Å²) in [5.74, 6) is 0. The van der Waals surface area contributed by atoms with Gasteiger partial charge in [0.25, 0.3) is 0 Å². The van der Waals surface area contributed by atoms with E-state index in [-0.39, 0.29) is 12.4 Å². The summed E-state index contributed by atoms with van der Waals surface area (Å²) >= 11 is 0. The maximum atomic E-state index is 6.16. The van der Waals surface area contributed by atoms with Gasteiger partial charge in [0.1, 0.15) is 11.0 Å². The minimum atomic E-state index is 0. The molecule has 0 aliphatic carbocycles. The second-order valence-electron chi connectivity index (χ2n) is 5.97. The lowest BCUT2D eigenvalue weighted by Gasteiger charge is -2.07. The molecule has 4 rings (SSSR count). The molecule has 0 aliphatic rings. The Balaban J connectivity index is 0.00000169. The van der Waals surface area contributed by atoms with Crippen molar-refractivity contribution in [1.82, 2.24) is 4.98 Å². The van der Waals surface area contributed by atoms with E-state index in [2.05, 4.69) is 47.9 Å². The van der Waals surface area contributed by atoms with Crippen LogP contribution in [-0.4, -0.2) is 4.98 Å². The van der Waals surface area contributed by atoms with Crippen molar-refractivity contribution >= 4 is 27.8 Å². The van der Waals surface area contributed by atoms with Crippen molar-refractivity contribution in [3.63, 3.8) is 0 Å². The van der Waals surface area contributed by atoms with E-state index in [0.29, 0.717) is 0 Å². The first-order valence-corrected chi connectivity index (χ1v) is 7.71. The summed E-state index contributed by atoms with van der Waals surface area (Å²) in [6, 6.07) is 20.8. The SMILES string of the molecule is Cc1ccc2c(c1)nc1cc(C)c(N)cc1[n+]2-c1ccccc1.[Cl-]. The molecule has 0 atom stereocenters. The quantitative estimate of drug-likeness (QED) is 0.319. The van der Waals surface area contributed by atoms with E-state index in [4.69, 9.17) is 10.7 Å². The second-order valence-corrected chi connectivity index (χ2v) is 5.97. The number of nitrogens with two attached hydrogens (primary N) is 1. The summed E-state index contributed by atoms with van der Waals surface area (Å²) in [6.45, 7) is 4.11. The molecule has 0 radical (unpaired) electrons. The van der Waals surface area contributed by atoms with Crippen LogP contribution in [0.15, 0.2) is 60.7 Å². The fraction of sp³-hybridized carbons (Fsp3) is 0.100. The molecule has 3 nitrogen and oxygen atoms in total. The minimum Gasteiger partial charge on any atom is -1.00 e. The smallest absolute Gasteiger partial charge is 0.239 e. The van der Waals surface area contributed by atoms with Crippen LogP contribution in [0.3, 0.4) is 0 Å². The number of hydrogen-bond acceptors (Lipinski definition) is 2. The topological polar surface area (TPSA) is 42.8 Å². The van der Waals surface area contributed by atoms with Crippen molar-refractivity contribution in [3.8, 4) is 5.69 Å². The summed E-state index contributed by atoms with van der Waals surface area (Å²) in [4.78, 5) is 4.85. The van der Waals surface area contributed by atoms with Crippen molar-refractivity contribution in [3.05, 3.63) is 71.8 Å². The first-order chi connectivity index (χ1) is 11.1. The lowest BCUT2D eigenvalue weighted by molar-refractivity contribution is -0.538. The summed E-state index contributed by atoms with van der Waals surface area (Å²) in [7, 11) is 0. The lowest BCUT2D eigenvalue weighted by Crippen LogP contribution is -3.00. The predicted molar refractivity (Wildman–Crippen MR) is 94.7 cm³/mol. The maximum Gasteiger partial charge on any atom is 0.239 e. The summed E-state index contributed by atoms with van der Waals surface area (Å²) in [5, 5.41) is 0. The highest BCUT2D eigenvalue weighted by atomic mass is 35.5. The molecule has 0 fully saturated rings. The number of benzene rings is 3. The largest absolute Gasteiger partial charge is 1.00 e. The molecule has 0 unspecified atom stereocenters. The van der Waals surface area contributed by atoms with Gasteiger partial charge in [-0.25, -0.2) is 4.98 Å². The third-order valence-electron chi connectivity index (χ3n) is 4.23. The normalized spacial score (nSPS) is 10.8. The minimum absolute atomic E-state index is 0. The van der Waals surface area contributed by atoms with E-state index < -0.39 is 0 Å². The Morgan fingerprint density at radius 2 is 1.54 bits per heavy atom. The van der Waals surface area contributed by atoms with Crippen LogP contribution in [0.25, 0.3) is 27.8 Å². The number of halogens is 1. The number of rotatable bonds is 1. The van der Waals surface area contributed by atoms with E-state index in [1.807, 2.05) is 31.2 Å². The Morgan fingerprint density at radius 1 is 0.833 bits per heavy atom. The number of fused-ring (bicyclic) bond motifs is 2. The fourth-order valence-corrected chi connectivity index (χ4v) is 2.99. The predicted octanol–water partition coefficient (Wildman–Crippen LogP) is 0.868. The van der Waals surface area contributed by atoms with Gasteiger partial charge in [0.15, 0.2) is 0 Å². The Labute approximate surface area is 147 Å². The molecule has 0 saturated heterocycles. The molecule has 4 heteroatoms. The molecule has 0 spiro atoms. The van der Waals surface area contributed by atoms with Gasteiger partial charge < -0.3 is 18.1 Å². The van der Waals surface area contributed by atoms with Gasteiger partial charge in [-0.15, -0.1) is 4.57 Å². The highest BCUT2D eigenvalue weighted by Gasteiger charge is 2.20. The molecule has 0 amide bonds. The molecule has 120 valence electrons. The third kappa shape index (κ3) is 2.57. The number of aromatic nitrogens is 2. The number of nitrogen functional groups attached to an aromatic ring is 1. The van der Waals surface area contributed by atoms with E-state index in [9.17, 15) is 0 Å². The molecular formula is C20H18ClN3. The fourth-order valence-electron chi connectivity index (χ4n) is 2.99. The second kappa shape index (κ2) is 6.10. The maximum absolute atomic E-state index is 6.16. The monoisotopic (exact) mass is 335 g/mol. The molecule has 3 aromatic carbocycles. The molecule has 0 saturated carbocycles. The van der Waals surface area contributed by atoms with Crippen molar-refractivity contribution < 1.29 is 17.0 Å². The summed E-state index contributed by atoms with van der Waals surface area (Å²) in [6.07, 6.45) is 0. The number of hydrogen-bond donors (Lipinski definition) is 1. The van der Waals surface area contributed by atoms with Gasteiger partial charge in [-0.05, 0) is 37.1 Å². The van der Waals surface area contributed by atoms with Gasteiger partial charge >= 0.3 is 0 Å². The Morgan fingerprint density at radius 3 is 2.29 bits per heavy atom. The van der Waals surface area contributed by atoms with E-state index >= 15 is 0 Å². The molecular weight excluding hydrogens is 318 g/mol. The summed E-state index contributed by atoms with van der Waals surface area (Å²) in [5.41, 5.74) is 14.4. The average Bonchev–Trinajstić information content (AvgIpc) is 2.55. The number of aryl methyl sites for hydroxylation is 2. The Hall–Kier alpha value is -2.65. The molecule has 24 heavy (non-hydrogen) atoms. The Kier molecular flexibility index (Phi) is 4.12. The first kappa shape index (κ1) is 16.2. The zero-order valence-corrected chi connectivity index (χ0v) is 14.4. The van der Waals surface area contributed by atoms with Crippen molar-refractivity contribution in [2.24, 2.45) is 0 Å². The van der Waals surface area contributed by atoms with Crippen molar-refractivity contribution in [2.75, 3.05) is 5.73 Å². The third-order valence-corrected chi connectivity index (χ3v) is 4.23. The number of para-hydroxylation sites is 1. The molecule has 2 N–H and O–H groups in total. The van der Waals surface area contributed by atoms with Crippen LogP contribution in [0.5, 0.6) is 0 Å². The lowest BCUT2D eigenvalue weighted by atomic mass is 10.1. The zero-order chi connectivity index (χ0) is 16.0. The van der Waals surface area contributed by atoms with Gasteiger partial charge in [0, 0.05) is 30.0 Å². The van der Waals surface area contributed by atoms with Gasteiger partial charge in [-0.1, -0.05) is 24.3 Å². The zero-order valence-electron chi connectivity index (χ0n) is 13.6. The molecule has 4 aromatic rings. The van der Waals surface area contributed by atoms with Gasteiger partial charge in [-0.2, -0.15) is 0 Å². The van der Waals surface area contributed by atoms with Crippen LogP contribution < -0.4 is 22.7 Å². The number of anilines is 1. The standard InChI is InChI=1S/C20H17N3.ClH/c1-13-8-9-19-17(10-13)22-18-11-14(2)16(21)12-20(18)23(19)15-6-4-3-5-7-15;/h3-12,21H,1-2H3;1H. The van der Waals surface area contributed by atoms with Crippen LogP contribution >= 0.6 is 0 Å². The van der Waals surface area contributed by atoms with Gasteiger partial charge in [0.05, 0.1) is 0 Å². The number of nitrogens with zero attached hydrogens (tertiary/aromatic N) is 2. The first-order valence-electron chi connectivity index (χ1n) is 7.71. The van der Waals surface area contributed by atoms with Gasteiger partial charge in [0.2, 0.25) is 16.7 Å². The van der Waals surface area contributed by atoms with E-state index in [1.54, 1.807) is 0 Å². The van der Waals surface area contributed by atoms with Crippen LogP contribution in [0.4, 0.5) is 5.69 Å². The average molecular weight is 336 g/mol. The van der Waals surface area contributed by atoms with Crippen LogP contribution in [0, 0.1) is 13.8 Å². The summed E-state index contributed by atoms with van der Waals surface area (Å²) < 4.78 is 2.23. The van der Waals surface area contributed by atoms with Crippen LogP contribution in [0.2, 0.25) is 0 Å². The van der Waals surface area contributed by atoms with E-state index in [1.165, 1.54) is 5.56 Å². The molecule has 0 aliphatic heterocycles. The Bertz CT molecular complexity index is 1040. The van der Waals surface area contributed by atoms with Gasteiger partial charge in [-0.3, -0.25) is 0 Å². The highest BCUT2D eigenvalue weighted by molar-refractivity contribution is 5.85. The highest BCUT2D eigenvalue weighted by Crippen LogP contribution is 2.22. The molecule has 1 aromatic heterocycles. The van der Waals surface area contributed by atoms with Crippen LogP contribution in [-0.2, 0) is 0 Å². The van der Waals surface area contributed by atoms with E-state index in [0.717, 1.165) is 39.0 Å². The molecule has 1 heterocycles. The van der Waals surface area contributed by atoms with Crippen molar-refractivity contribution in [2.45, 2.75) is 13.8 Å². The molecule has 0 bridgehead atoms. The van der Waals surface area contributed by atoms with Crippen LogP contribution in [0.1, 0.15) is 11.1 Å².